The van der Waals surface area contributed by atoms with Crippen LogP contribution in [0.1, 0.15) is 5.56 Å². The highest BCUT2D eigenvalue weighted by molar-refractivity contribution is 14.1. The maximum atomic E-state index is 10.7. The third-order valence-electron chi connectivity index (χ3n) is 1.58. The Balaban J connectivity index is 3.32. The standard InChI is InChI=1S/C9H5I3O2S/c10-5-1-2-6(11)8(12)4(5)3-7(15)9(13)14/h1-3,15H,(H,13,14). The van der Waals surface area contributed by atoms with Gasteiger partial charge in [0, 0.05) is 16.3 Å². The van der Waals surface area contributed by atoms with E-state index in [-0.39, 0.29) is 4.91 Å². The van der Waals surface area contributed by atoms with E-state index in [2.05, 4.69) is 80.4 Å². The first-order valence-corrected chi connectivity index (χ1v) is 7.39. The summed E-state index contributed by atoms with van der Waals surface area (Å²) in [6, 6.07) is 3.96. The van der Waals surface area contributed by atoms with Crippen LogP contribution in [-0.4, -0.2) is 11.1 Å². The van der Waals surface area contributed by atoms with Crippen molar-refractivity contribution in [2.75, 3.05) is 0 Å². The first-order valence-electron chi connectivity index (χ1n) is 3.71. The van der Waals surface area contributed by atoms with Crippen LogP contribution >= 0.6 is 80.4 Å². The molecule has 0 fully saturated rings. The molecule has 0 radical (unpaired) electrons. The molecule has 0 aliphatic rings. The highest BCUT2D eigenvalue weighted by Crippen LogP contribution is 2.26. The highest BCUT2D eigenvalue weighted by atomic mass is 127. The van der Waals surface area contributed by atoms with E-state index in [0.29, 0.717) is 0 Å². The van der Waals surface area contributed by atoms with E-state index < -0.39 is 5.97 Å². The molecule has 1 aromatic rings. The number of benzene rings is 1. The molecule has 0 saturated carbocycles. The molecular weight excluding hydrogens is 553 g/mol. The largest absolute Gasteiger partial charge is 0.477 e. The van der Waals surface area contributed by atoms with Gasteiger partial charge in [0.2, 0.25) is 0 Å². The lowest BCUT2D eigenvalue weighted by Crippen LogP contribution is -1.96. The lowest BCUT2D eigenvalue weighted by molar-refractivity contribution is -0.131. The van der Waals surface area contributed by atoms with Crippen molar-refractivity contribution in [1.29, 1.82) is 0 Å². The van der Waals surface area contributed by atoms with E-state index in [4.69, 9.17) is 5.11 Å². The molecule has 0 amide bonds. The van der Waals surface area contributed by atoms with Crippen LogP contribution in [0.5, 0.6) is 0 Å². The Hall–Kier alpha value is 0.970. The van der Waals surface area contributed by atoms with Crippen LogP contribution in [-0.2, 0) is 4.79 Å². The maximum absolute atomic E-state index is 10.7. The second-order valence-electron chi connectivity index (χ2n) is 2.59. The average molecular weight is 558 g/mol. The van der Waals surface area contributed by atoms with E-state index >= 15 is 0 Å². The minimum absolute atomic E-state index is 0.0489. The fraction of sp³-hybridized carbons (Fsp3) is 0. The zero-order chi connectivity index (χ0) is 11.6. The van der Waals surface area contributed by atoms with Crippen LogP contribution in [0.4, 0.5) is 0 Å². The van der Waals surface area contributed by atoms with Crippen molar-refractivity contribution >= 4 is 92.4 Å². The summed E-state index contributed by atoms with van der Waals surface area (Å²) in [6.45, 7) is 0. The van der Waals surface area contributed by atoms with Gasteiger partial charge in [-0.05, 0) is 86.0 Å². The first kappa shape index (κ1) is 14.0. The number of hydrogen-bond donors (Lipinski definition) is 2. The van der Waals surface area contributed by atoms with E-state index in [1.165, 1.54) is 0 Å². The van der Waals surface area contributed by atoms with Crippen molar-refractivity contribution in [3.8, 4) is 0 Å². The predicted molar refractivity (Wildman–Crippen MR) is 89.2 cm³/mol. The van der Waals surface area contributed by atoms with Crippen molar-refractivity contribution in [3.63, 3.8) is 0 Å². The number of carbonyl (C=O) groups is 1. The summed E-state index contributed by atoms with van der Waals surface area (Å²) in [6.07, 6.45) is 1.58. The van der Waals surface area contributed by atoms with Crippen LogP contribution in [0.15, 0.2) is 17.0 Å². The Morgan fingerprint density at radius 3 is 2.33 bits per heavy atom. The van der Waals surface area contributed by atoms with E-state index in [0.717, 1.165) is 16.3 Å². The van der Waals surface area contributed by atoms with Crippen molar-refractivity contribution < 1.29 is 9.90 Å². The number of aliphatic carboxylic acids is 1. The Morgan fingerprint density at radius 1 is 1.27 bits per heavy atom. The molecular formula is C9H5I3O2S. The van der Waals surface area contributed by atoms with Gasteiger partial charge in [0.25, 0.3) is 0 Å². The number of thiol groups is 1. The molecule has 0 spiro atoms. The fourth-order valence-electron chi connectivity index (χ4n) is 0.874. The quantitative estimate of drug-likeness (QED) is 0.251. The zero-order valence-electron chi connectivity index (χ0n) is 7.17. The molecule has 0 aliphatic carbocycles. The average Bonchev–Trinajstić information content (AvgIpc) is 2.18. The molecule has 1 rings (SSSR count). The van der Waals surface area contributed by atoms with Crippen LogP contribution < -0.4 is 0 Å². The number of rotatable bonds is 2. The van der Waals surface area contributed by atoms with Crippen LogP contribution in [0.25, 0.3) is 6.08 Å². The monoisotopic (exact) mass is 558 g/mol. The van der Waals surface area contributed by atoms with Crippen LogP contribution in [0, 0.1) is 10.7 Å². The predicted octanol–water partition coefficient (Wildman–Crippen LogP) is 3.86. The van der Waals surface area contributed by atoms with Gasteiger partial charge in [0.15, 0.2) is 0 Å². The normalized spacial score (nSPS) is 11.6. The van der Waals surface area contributed by atoms with Gasteiger partial charge in [-0.15, -0.1) is 12.6 Å². The molecule has 0 heterocycles. The molecule has 0 atom stereocenters. The third kappa shape index (κ3) is 3.73. The number of hydrogen-bond acceptors (Lipinski definition) is 2. The minimum atomic E-state index is -1.01. The SMILES string of the molecule is O=C(O)C(S)=Cc1c(I)ccc(I)c1I. The molecule has 80 valence electrons. The summed E-state index contributed by atoms with van der Waals surface area (Å²) < 4.78 is 3.17. The first-order chi connectivity index (χ1) is 6.93. The smallest absolute Gasteiger partial charge is 0.341 e. The fourth-order valence-corrected chi connectivity index (χ4v) is 3.22. The van der Waals surface area contributed by atoms with Gasteiger partial charge < -0.3 is 5.11 Å². The van der Waals surface area contributed by atoms with E-state index in [1.54, 1.807) is 6.08 Å². The highest BCUT2D eigenvalue weighted by Gasteiger charge is 2.09. The second-order valence-corrected chi connectivity index (χ2v) is 6.48. The Labute approximate surface area is 134 Å². The molecule has 0 unspecified atom stereocenters. The topological polar surface area (TPSA) is 37.3 Å². The molecule has 2 nitrogen and oxygen atoms in total. The number of halogens is 3. The van der Waals surface area contributed by atoms with Gasteiger partial charge in [-0.2, -0.15) is 0 Å². The van der Waals surface area contributed by atoms with Gasteiger partial charge in [-0.3, -0.25) is 0 Å². The number of carboxylic acids is 1. The van der Waals surface area contributed by atoms with E-state index in [9.17, 15) is 4.79 Å². The zero-order valence-corrected chi connectivity index (χ0v) is 14.5. The third-order valence-corrected chi connectivity index (χ3v) is 5.93. The summed E-state index contributed by atoms with van der Waals surface area (Å²) in [5.74, 6) is -1.01. The number of carboxylic acid groups (broad SMARTS) is 1. The van der Waals surface area contributed by atoms with Crippen molar-refractivity contribution in [2.45, 2.75) is 0 Å². The minimum Gasteiger partial charge on any atom is -0.477 e. The van der Waals surface area contributed by atoms with Gasteiger partial charge in [0.1, 0.15) is 0 Å². The van der Waals surface area contributed by atoms with Gasteiger partial charge >= 0.3 is 5.97 Å². The Kier molecular flexibility index (Phi) is 5.66. The van der Waals surface area contributed by atoms with Crippen LogP contribution in [0.3, 0.4) is 0 Å². The summed E-state index contributed by atoms with van der Waals surface area (Å²) >= 11 is 10.5. The Morgan fingerprint density at radius 2 is 1.80 bits per heavy atom. The second kappa shape index (κ2) is 6.05. The van der Waals surface area contributed by atoms with Crippen molar-refractivity contribution in [3.05, 3.63) is 33.3 Å². The molecule has 6 heteroatoms. The molecule has 1 aromatic carbocycles. The van der Waals surface area contributed by atoms with Gasteiger partial charge in [0.05, 0.1) is 4.91 Å². The summed E-state index contributed by atoms with van der Waals surface area (Å²) in [5.41, 5.74) is 0.913. The molecule has 0 saturated heterocycles. The van der Waals surface area contributed by atoms with Gasteiger partial charge in [-0.25, -0.2) is 4.79 Å². The van der Waals surface area contributed by atoms with Crippen molar-refractivity contribution in [2.24, 2.45) is 0 Å². The molecule has 0 aromatic heterocycles. The molecule has 1 N–H and O–H groups in total. The maximum Gasteiger partial charge on any atom is 0.341 e. The summed E-state index contributed by atoms with van der Waals surface area (Å²) in [4.78, 5) is 10.7. The molecule has 0 aliphatic heterocycles. The van der Waals surface area contributed by atoms with Gasteiger partial charge in [-0.1, -0.05) is 0 Å². The van der Waals surface area contributed by atoms with Crippen molar-refractivity contribution in [1.82, 2.24) is 0 Å². The lowest BCUT2D eigenvalue weighted by Gasteiger charge is -2.05. The van der Waals surface area contributed by atoms with Crippen LogP contribution in [0.2, 0.25) is 0 Å². The molecule has 15 heavy (non-hydrogen) atoms. The molecule has 0 bridgehead atoms. The van der Waals surface area contributed by atoms with E-state index in [1.807, 2.05) is 12.1 Å². The Bertz CT molecular complexity index is 443. The summed E-state index contributed by atoms with van der Waals surface area (Å²) in [7, 11) is 0. The lowest BCUT2D eigenvalue weighted by atomic mass is 10.2. The summed E-state index contributed by atoms with van der Waals surface area (Å²) in [5, 5.41) is 8.74.